The van der Waals surface area contributed by atoms with Crippen LogP contribution in [0.2, 0.25) is 0 Å². The highest BCUT2D eigenvalue weighted by Gasteiger charge is 2.96. The number of sulfonamides is 1. The second kappa shape index (κ2) is 17.9. The number of hydrogen-bond donors (Lipinski definition) is 1. The molecule has 0 aromatic heterocycles. The Labute approximate surface area is 443 Å². The summed E-state index contributed by atoms with van der Waals surface area (Å²) >= 11 is 0. The number of fused-ring (bicyclic) bond motifs is 13. The lowest BCUT2D eigenvalue weighted by molar-refractivity contribution is -0.458. The van der Waals surface area contributed by atoms with Crippen molar-refractivity contribution < 1.29 is 96.7 Å². The SMILES string of the molecule is O=P1(NS(=O)(=O)C(F)(F)C(F)(F)C(F)(F)C(F)(F)C(F)(F)C(F)(F)C(F)(F)C(F)(F)F)Oc2c(-c3cc4ccccc4c4ccccc34)cc3ccccc3c2-c2c(c(-c3cc4ccccc4c4ccccc34)cc3ccccc23)O1. The fourth-order valence-electron chi connectivity index (χ4n) is 10.1. The van der Waals surface area contributed by atoms with Gasteiger partial charge in [0.25, 0.3) is 10.0 Å². The van der Waals surface area contributed by atoms with Gasteiger partial charge in [0.15, 0.2) is 0 Å². The third-order valence-corrected chi connectivity index (χ3v) is 17.7. The Morgan fingerprint density at radius 1 is 0.333 bits per heavy atom. The van der Waals surface area contributed by atoms with Crippen LogP contribution in [-0.4, -0.2) is 55.4 Å². The van der Waals surface area contributed by atoms with Gasteiger partial charge in [-0.2, -0.15) is 74.6 Å². The molecule has 418 valence electrons. The molecular formula is C56H29F17NO5PS. The molecule has 0 saturated carbocycles. The summed E-state index contributed by atoms with van der Waals surface area (Å²) in [5.41, 5.74) is -0.520. The van der Waals surface area contributed by atoms with Crippen LogP contribution in [0.5, 0.6) is 11.5 Å². The molecule has 1 aliphatic heterocycles. The topological polar surface area (TPSA) is 81.7 Å². The van der Waals surface area contributed by atoms with Crippen LogP contribution in [0, 0.1) is 0 Å². The molecule has 81 heavy (non-hydrogen) atoms. The van der Waals surface area contributed by atoms with Crippen molar-refractivity contribution in [3.8, 4) is 44.9 Å². The van der Waals surface area contributed by atoms with Crippen molar-refractivity contribution in [2.75, 3.05) is 0 Å². The lowest BCUT2D eigenvalue weighted by Gasteiger charge is -2.42. The Morgan fingerprint density at radius 3 is 0.963 bits per heavy atom. The first-order chi connectivity index (χ1) is 37.7. The van der Waals surface area contributed by atoms with E-state index < -0.39 is 76.2 Å². The molecule has 0 unspecified atom stereocenters. The molecule has 0 atom stereocenters. The molecule has 0 amide bonds. The van der Waals surface area contributed by atoms with Gasteiger partial charge in [-0.1, -0.05) is 150 Å². The van der Waals surface area contributed by atoms with Gasteiger partial charge in [-0.15, -0.1) is 0 Å². The van der Waals surface area contributed by atoms with Crippen molar-refractivity contribution in [1.82, 2.24) is 4.49 Å². The van der Waals surface area contributed by atoms with E-state index in [-0.39, 0.29) is 44.2 Å². The predicted octanol–water partition coefficient (Wildman–Crippen LogP) is 18.4. The van der Waals surface area contributed by atoms with E-state index in [1.54, 1.807) is 133 Å². The van der Waals surface area contributed by atoms with E-state index in [0.29, 0.717) is 58.4 Å². The van der Waals surface area contributed by atoms with Gasteiger partial charge in [0, 0.05) is 22.3 Å². The van der Waals surface area contributed by atoms with Gasteiger partial charge in [0.2, 0.25) is 0 Å². The average molecular weight is 1180 g/mol. The van der Waals surface area contributed by atoms with Gasteiger partial charge in [-0.3, -0.25) is 0 Å². The molecule has 0 aliphatic carbocycles. The molecule has 11 rings (SSSR count). The molecule has 0 bridgehead atoms. The van der Waals surface area contributed by atoms with Crippen molar-refractivity contribution in [2.24, 2.45) is 0 Å². The Balaban J connectivity index is 1.20. The smallest absolute Gasteiger partial charge is 0.403 e. The van der Waals surface area contributed by atoms with E-state index in [4.69, 9.17) is 9.05 Å². The predicted molar refractivity (Wildman–Crippen MR) is 269 cm³/mol. The van der Waals surface area contributed by atoms with E-state index in [9.17, 15) is 56.7 Å². The van der Waals surface area contributed by atoms with Crippen molar-refractivity contribution in [3.63, 3.8) is 0 Å². The van der Waals surface area contributed by atoms with Gasteiger partial charge >= 0.3 is 54.7 Å². The fraction of sp³-hybridized carbons (Fsp3) is 0.143. The molecule has 10 aromatic rings. The van der Waals surface area contributed by atoms with E-state index >= 15 is 30.9 Å². The Morgan fingerprint density at radius 2 is 0.605 bits per heavy atom. The third-order valence-electron chi connectivity index (χ3n) is 14.1. The number of hydrogen-bond acceptors (Lipinski definition) is 5. The zero-order valence-corrected chi connectivity index (χ0v) is 41.7. The summed E-state index contributed by atoms with van der Waals surface area (Å²) in [7, 11) is -15.2. The molecule has 1 N–H and O–H groups in total. The van der Waals surface area contributed by atoms with Crippen LogP contribution in [0.25, 0.3) is 98.0 Å². The summed E-state index contributed by atoms with van der Waals surface area (Å²) in [4.78, 5) is 0. The number of benzene rings is 10. The lowest BCUT2D eigenvalue weighted by Crippen LogP contribution is -2.75. The second-order valence-corrected chi connectivity index (χ2v) is 22.4. The third kappa shape index (κ3) is 7.78. The Kier molecular flexibility index (Phi) is 12.2. The number of alkyl halides is 17. The second-order valence-electron chi connectivity index (χ2n) is 18.8. The quantitative estimate of drug-likeness (QED) is 0.0793. The molecule has 0 fully saturated rings. The van der Waals surface area contributed by atoms with Crippen LogP contribution in [0.3, 0.4) is 0 Å². The summed E-state index contributed by atoms with van der Waals surface area (Å²) in [6.45, 7) is 0. The van der Waals surface area contributed by atoms with E-state index in [0.717, 1.165) is 0 Å². The van der Waals surface area contributed by atoms with Crippen LogP contribution in [0.4, 0.5) is 74.6 Å². The first kappa shape index (κ1) is 55.2. The monoisotopic (exact) mass is 1180 g/mol. The van der Waals surface area contributed by atoms with Gasteiger partial charge in [-0.05, 0) is 100 Å². The first-order valence-corrected chi connectivity index (χ1v) is 26.4. The van der Waals surface area contributed by atoms with Gasteiger partial charge in [0.05, 0.1) is 0 Å². The van der Waals surface area contributed by atoms with Crippen molar-refractivity contribution in [1.29, 1.82) is 0 Å². The molecule has 6 nitrogen and oxygen atoms in total. The van der Waals surface area contributed by atoms with Crippen LogP contribution in [0.15, 0.2) is 170 Å². The largest absolute Gasteiger partial charge is 0.526 e. The summed E-state index contributed by atoms with van der Waals surface area (Å²) in [5.74, 6) is -54.9. The minimum atomic E-state index is -9.13. The van der Waals surface area contributed by atoms with Crippen LogP contribution < -0.4 is 13.5 Å². The van der Waals surface area contributed by atoms with Crippen molar-refractivity contribution in [2.45, 2.75) is 47.0 Å². The standard InChI is InChI=1S/C56H29F17NO5PS/c57-49(58,51(61,62)53(65,66)55(69,70)71)50(59,60)52(63,64)54(67,68)56(72,73)81(76,77)74-80(75)78-47-43(41-25-29-13-1-5-17-33(29)37-21-9-11-23-39(37)41)27-31-15-3-7-19-35(31)45(47)46-36-20-8-4-16-32(36)28-44(48(46)79-80)42-26-30-14-2-6-18-34(30)38-22-10-12-24-40(38)42/h1-28H,(H,74,75). The highest BCUT2D eigenvalue weighted by molar-refractivity contribution is 7.95. The van der Waals surface area contributed by atoms with Gasteiger partial charge < -0.3 is 9.05 Å². The maximum absolute atomic E-state index is 16.3. The van der Waals surface area contributed by atoms with Crippen LogP contribution in [-0.2, 0) is 14.6 Å². The summed E-state index contributed by atoms with van der Waals surface area (Å²) in [6.07, 6.45) is -8.02. The summed E-state index contributed by atoms with van der Waals surface area (Å²) < 4.78 is 305. The van der Waals surface area contributed by atoms with E-state index in [2.05, 4.69) is 0 Å². The normalized spacial score (nSPS) is 15.0. The fourth-order valence-corrected chi connectivity index (χ4v) is 13.4. The van der Waals surface area contributed by atoms with Crippen molar-refractivity contribution >= 4 is 82.4 Å². The molecular weight excluding hydrogens is 1150 g/mol. The van der Waals surface area contributed by atoms with Gasteiger partial charge in [-0.25, -0.2) is 13.0 Å². The van der Waals surface area contributed by atoms with Gasteiger partial charge in [0.1, 0.15) is 11.5 Å². The Bertz CT molecular complexity index is 4240. The highest BCUT2D eigenvalue weighted by Crippen LogP contribution is 2.67. The van der Waals surface area contributed by atoms with Crippen LogP contribution in [0.1, 0.15) is 0 Å². The molecule has 0 saturated heterocycles. The minimum absolute atomic E-state index is 0.126. The molecule has 0 spiro atoms. The Hall–Kier alpha value is -7.69. The van der Waals surface area contributed by atoms with E-state index in [1.807, 2.05) is 0 Å². The number of halogens is 17. The van der Waals surface area contributed by atoms with E-state index in [1.165, 1.54) is 36.4 Å². The number of nitrogens with one attached hydrogen (secondary N) is 1. The molecule has 0 radical (unpaired) electrons. The number of rotatable bonds is 11. The zero-order valence-electron chi connectivity index (χ0n) is 40.0. The summed E-state index contributed by atoms with van der Waals surface area (Å²) in [6, 6.07) is 44.8. The van der Waals surface area contributed by atoms with Crippen LogP contribution >= 0.6 is 7.75 Å². The molecule has 1 heterocycles. The maximum Gasteiger partial charge on any atom is 0.526 e. The molecule has 25 heteroatoms. The lowest BCUT2D eigenvalue weighted by atomic mass is 9.84. The zero-order chi connectivity index (χ0) is 58.5. The molecule has 1 aliphatic rings. The first-order valence-electron chi connectivity index (χ1n) is 23.4. The average Bonchev–Trinajstić information content (AvgIpc) is 3.60. The molecule has 10 aromatic carbocycles. The minimum Gasteiger partial charge on any atom is -0.403 e. The summed E-state index contributed by atoms with van der Waals surface area (Å²) in [5, 5.41) is -3.16. The maximum atomic E-state index is 16.3. The highest BCUT2D eigenvalue weighted by atomic mass is 32.2. The van der Waals surface area contributed by atoms with Crippen molar-refractivity contribution in [3.05, 3.63) is 170 Å².